The minimum atomic E-state index is -0.395. The second-order valence-corrected chi connectivity index (χ2v) is 7.21. The van der Waals surface area contributed by atoms with E-state index in [-0.39, 0.29) is 18.3 Å². The molecule has 3 N–H and O–H groups in total. The largest absolute Gasteiger partial charge is 0.483 e. The van der Waals surface area contributed by atoms with Gasteiger partial charge in [0, 0.05) is 24.3 Å². The molecule has 0 saturated carbocycles. The Morgan fingerprint density at radius 1 is 1.29 bits per heavy atom. The van der Waals surface area contributed by atoms with Crippen LogP contribution in [0.2, 0.25) is 0 Å². The Morgan fingerprint density at radius 2 is 2.14 bits per heavy atom. The Hall–Kier alpha value is -3.13. The molecule has 8 heteroatoms. The van der Waals surface area contributed by atoms with E-state index >= 15 is 0 Å². The lowest BCUT2D eigenvalue weighted by Gasteiger charge is -2.39. The van der Waals surface area contributed by atoms with Crippen LogP contribution in [0.25, 0.3) is 11.1 Å². The Labute approximate surface area is 161 Å². The summed E-state index contributed by atoms with van der Waals surface area (Å²) < 4.78 is 19.8. The molecule has 2 aromatic carbocycles. The summed E-state index contributed by atoms with van der Waals surface area (Å²) in [5, 5.41) is 10.9. The molecule has 1 amide bonds. The molecule has 7 nitrogen and oxygen atoms in total. The predicted molar refractivity (Wildman–Crippen MR) is 105 cm³/mol. The average molecular weight is 381 g/mol. The third-order valence-corrected chi connectivity index (χ3v) is 5.33. The van der Waals surface area contributed by atoms with Crippen molar-refractivity contribution in [1.82, 2.24) is 10.7 Å². The summed E-state index contributed by atoms with van der Waals surface area (Å²) in [7, 11) is 0. The van der Waals surface area contributed by atoms with Crippen LogP contribution in [-0.4, -0.2) is 43.5 Å². The number of rotatable bonds is 3. The summed E-state index contributed by atoms with van der Waals surface area (Å²) in [4.78, 5) is 14.0. The number of hydrogen-bond acceptors (Lipinski definition) is 6. The van der Waals surface area contributed by atoms with Crippen molar-refractivity contribution in [3.05, 3.63) is 42.2 Å². The fourth-order valence-electron chi connectivity index (χ4n) is 3.70. The molecule has 3 aliphatic heterocycles. The number of carbonyl (C=O) groups is 1. The van der Waals surface area contributed by atoms with Crippen molar-refractivity contribution in [1.29, 1.82) is 0 Å². The maximum atomic E-state index is 13.8. The number of amides is 1. The zero-order valence-electron chi connectivity index (χ0n) is 15.3. The van der Waals surface area contributed by atoms with Crippen LogP contribution in [0, 0.1) is 5.82 Å². The van der Waals surface area contributed by atoms with Gasteiger partial charge in [0.25, 0.3) is 5.91 Å². The van der Waals surface area contributed by atoms with E-state index in [1.165, 1.54) is 12.1 Å². The number of hydrogen-bond donors (Lipinski definition) is 3. The highest BCUT2D eigenvalue weighted by molar-refractivity contribution is 6.10. The number of amidine groups is 1. The summed E-state index contributed by atoms with van der Waals surface area (Å²) in [6.45, 7) is 3.83. The van der Waals surface area contributed by atoms with E-state index in [9.17, 15) is 9.18 Å². The molecule has 2 aromatic rings. The van der Waals surface area contributed by atoms with E-state index in [1.54, 1.807) is 6.07 Å². The maximum Gasteiger partial charge on any atom is 0.262 e. The molecule has 3 heterocycles. The van der Waals surface area contributed by atoms with Crippen LogP contribution in [0.1, 0.15) is 6.92 Å². The third-order valence-electron chi connectivity index (χ3n) is 5.33. The molecule has 0 spiro atoms. The van der Waals surface area contributed by atoms with Gasteiger partial charge in [-0.3, -0.25) is 4.79 Å². The fraction of sp³-hybridized carbons (Fsp3) is 0.300. The van der Waals surface area contributed by atoms with Crippen molar-refractivity contribution in [3.63, 3.8) is 0 Å². The Bertz CT molecular complexity index is 989. The van der Waals surface area contributed by atoms with Gasteiger partial charge in [-0.25, -0.2) is 9.82 Å². The molecule has 1 fully saturated rings. The highest BCUT2D eigenvalue weighted by Gasteiger charge is 2.36. The molecule has 1 atom stereocenters. The summed E-state index contributed by atoms with van der Waals surface area (Å²) in [6.07, 6.45) is 0. The van der Waals surface area contributed by atoms with Gasteiger partial charge in [0.15, 0.2) is 5.84 Å². The van der Waals surface area contributed by atoms with Crippen molar-refractivity contribution >= 4 is 23.1 Å². The molecule has 5 rings (SSSR count). The van der Waals surface area contributed by atoms with Gasteiger partial charge in [-0.1, -0.05) is 12.1 Å². The predicted octanol–water partition coefficient (Wildman–Crippen LogP) is 1.91. The first-order chi connectivity index (χ1) is 13.6. The van der Waals surface area contributed by atoms with Gasteiger partial charge in [0.1, 0.15) is 24.2 Å². The molecule has 0 radical (unpaired) electrons. The summed E-state index contributed by atoms with van der Waals surface area (Å²) in [6, 6.07) is 10.3. The van der Waals surface area contributed by atoms with E-state index in [0.717, 1.165) is 35.6 Å². The van der Waals surface area contributed by atoms with Crippen LogP contribution in [0.3, 0.4) is 0 Å². The smallest absolute Gasteiger partial charge is 0.262 e. The van der Waals surface area contributed by atoms with E-state index in [2.05, 4.69) is 21.2 Å². The first-order valence-electron chi connectivity index (χ1n) is 9.30. The number of halogens is 1. The quantitative estimate of drug-likeness (QED) is 0.757. The number of nitrogens with one attached hydrogen (secondary N) is 3. The molecule has 28 heavy (non-hydrogen) atoms. The summed E-state index contributed by atoms with van der Waals surface area (Å²) in [5.41, 5.74) is 5.82. The van der Waals surface area contributed by atoms with E-state index in [0.29, 0.717) is 17.6 Å². The molecular weight excluding hydrogens is 361 g/mol. The van der Waals surface area contributed by atoms with Gasteiger partial charge in [-0.05, 0) is 36.8 Å². The minimum Gasteiger partial charge on any atom is -0.483 e. The molecule has 0 unspecified atom stereocenters. The van der Waals surface area contributed by atoms with E-state index < -0.39 is 6.04 Å². The van der Waals surface area contributed by atoms with Gasteiger partial charge in [-0.15, -0.1) is 0 Å². The van der Waals surface area contributed by atoms with Crippen LogP contribution in [0.4, 0.5) is 15.8 Å². The molecule has 0 bridgehead atoms. The number of anilines is 2. The van der Waals surface area contributed by atoms with Crippen molar-refractivity contribution in [2.75, 3.05) is 29.9 Å². The van der Waals surface area contributed by atoms with Crippen molar-refractivity contribution in [2.45, 2.75) is 19.0 Å². The van der Waals surface area contributed by atoms with Crippen LogP contribution in [0.15, 0.2) is 41.5 Å². The number of nitrogens with zero attached hydrogens (tertiary/aromatic N) is 2. The lowest BCUT2D eigenvalue weighted by molar-refractivity contribution is -0.122. The van der Waals surface area contributed by atoms with E-state index in [4.69, 9.17) is 4.74 Å². The lowest BCUT2D eigenvalue weighted by atomic mass is 9.99. The lowest BCUT2D eigenvalue weighted by Crippen LogP contribution is -2.55. The van der Waals surface area contributed by atoms with Gasteiger partial charge in [0.05, 0.1) is 11.7 Å². The van der Waals surface area contributed by atoms with Gasteiger partial charge >= 0.3 is 0 Å². The standard InChI is InChI=1S/C20H20FN5O2/c1-11-20(27)25-24-19-10-28-18-6-15(12-3-2-4-13(21)5-12)16(7-17(18)26(11)19)23-14-8-22-9-14/h2-7,11,14,22-23H,8-10H2,1H3,(H,25,27)/t11-/m1/s1. The SMILES string of the molecule is C[C@@H]1C(=O)NN=C2COc3cc(-c4cccc(F)c4)c(NC4CNC4)cc3N21. The van der Waals surface area contributed by atoms with Crippen molar-refractivity contribution in [3.8, 4) is 16.9 Å². The van der Waals surface area contributed by atoms with Crippen LogP contribution in [-0.2, 0) is 4.79 Å². The first kappa shape index (κ1) is 17.0. The zero-order chi connectivity index (χ0) is 19.3. The topological polar surface area (TPSA) is 78.0 Å². The molecule has 0 aliphatic carbocycles. The Morgan fingerprint density at radius 3 is 2.89 bits per heavy atom. The van der Waals surface area contributed by atoms with Crippen LogP contribution < -0.4 is 25.7 Å². The molecule has 3 aliphatic rings. The molecule has 1 saturated heterocycles. The number of fused-ring (bicyclic) bond motifs is 3. The molecule has 0 aromatic heterocycles. The normalized spacial score (nSPS) is 20.9. The van der Waals surface area contributed by atoms with Crippen molar-refractivity contribution < 1.29 is 13.9 Å². The van der Waals surface area contributed by atoms with Gasteiger partial charge < -0.3 is 20.3 Å². The highest BCUT2D eigenvalue weighted by Crippen LogP contribution is 2.43. The number of ether oxygens (including phenoxy) is 1. The Kier molecular flexibility index (Phi) is 3.94. The average Bonchev–Trinajstić information content (AvgIpc) is 2.66. The first-order valence-corrected chi connectivity index (χ1v) is 9.30. The number of carbonyl (C=O) groups excluding carboxylic acids is 1. The number of hydrazone groups is 1. The van der Waals surface area contributed by atoms with E-state index in [1.807, 2.05) is 30.0 Å². The highest BCUT2D eigenvalue weighted by atomic mass is 19.1. The number of benzene rings is 2. The fourth-order valence-corrected chi connectivity index (χ4v) is 3.70. The summed E-state index contributed by atoms with van der Waals surface area (Å²) >= 11 is 0. The zero-order valence-corrected chi connectivity index (χ0v) is 15.3. The maximum absolute atomic E-state index is 13.8. The van der Waals surface area contributed by atoms with Crippen molar-refractivity contribution in [2.24, 2.45) is 5.10 Å². The third kappa shape index (κ3) is 2.77. The molecular formula is C20H20FN5O2. The molecule has 144 valence electrons. The van der Waals surface area contributed by atoms with Gasteiger partial charge in [0.2, 0.25) is 0 Å². The second kappa shape index (κ2) is 6.49. The van der Waals surface area contributed by atoms with Gasteiger partial charge in [-0.2, -0.15) is 5.10 Å². The second-order valence-electron chi connectivity index (χ2n) is 7.21. The monoisotopic (exact) mass is 381 g/mol. The summed E-state index contributed by atoms with van der Waals surface area (Å²) in [5.74, 6) is 0.859. The van der Waals surface area contributed by atoms with Crippen LogP contribution in [0.5, 0.6) is 5.75 Å². The van der Waals surface area contributed by atoms with Crippen LogP contribution >= 0.6 is 0 Å². The Balaban J connectivity index is 1.64. The minimum absolute atomic E-state index is 0.163.